The van der Waals surface area contributed by atoms with Crippen LogP contribution in [0.25, 0.3) is 11.0 Å². The van der Waals surface area contributed by atoms with E-state index < -0.39 is 0 Å². The fourth-order valence-electron chi connectivity index (χ4n) is 4.29. The molecule has 2 aromatic carbocycles. The second kappa shape index (κ2) is 9.42. The quantitative estimate of drug-likeness (QED) is 0.535. The van der Waals surface area contributed by atoms with Crippen molar-refractivity contribution in [1.29, 1.82) is 0 Å². The van der Waals surface area contributed by atoms with Crippen molar-refractivity contribution in [3.8, 4) is 11.5 Å². The largest absolute Gasteiger partial charge is 0.486 e. The first-order valence-electron chi connectivity index (χ1n) is 11.2. The van der Waals surface area contributed by atoms with E-state index in [9.17, 15) is 4.79 Å². The standard InChI is InChI=1S/C24H28N4O3S/c1-2-28-20-6-4-3-5-19(20)25-24(28)32-17-23(29)27-11-9-26(10-12-27)16-18-7-8-21-22(15-18)31-14-13-30-21/h3-8,15H,2,9-14,16-17H2,1H3. The molecular formula is C24H28N4O3S. The van der Waals surface area contributed by atoms with E-state index in [0.717, 1.165) is 67.0 Å². The number of aromatic nitrogens is 2. The first kappa shape index (κ1) is 21.2. The van der Waals surface area contributed by atoms with Gasteiger partial charge in [0.25, 0.3) is 0 Å². The number of thioether (sulfide) groups is 1. The molecule has 0 unspecified atom stereocenters. The van der Waals surface area contributed by atoms with Gasteiger partial charge in [-0.1, -0.05) is 30.0 Å². The van der Waals surface area contributed by atoms with Crippen LogP contribution in [0, 0.1) is 0 Å². The predicted molar refractivity (Wildman–Crippen MR) is 125 cm³/mol. The van der Waals surface area contributed by atoms with Gasteiger partial charge in [0.2, 0.25) is 5.91 Å². The molecule has 0 spiro atoms. The highest BCUT2D eigenvalue weighted by Crippen LogP contribution is 2.31. The van der Waals surface area contributed by atoms with Gasteiger partial charge < -0.3 is 18.9 Å². The Labute approximate surface area is 192 Å². The summed E-state index contributed by atoms with van der Waals surface area (Å²) in [6, 6.07) is 14.3. The topological polar surface area (TPSA) is 59.8 Å². The van der Waals surface area contributed by atoms with Crippen LogP contribution in [0.2, 0.25) is 0 Å². The number of carbonyl (C=O) groups is 1. The van der Waals surface area contributed by atoms with Gasteiger partial charge in [-0.25, -0.2) is 4.98 Å². The van der Waals surface area contributed by atoms with E-state index in [1.807, 2.05) is 29.2 Å². The number of ether oxygens (including phenoxy) is 2. The van der Waals surface area contributed by atoms with Gasteiger partial charge in [-0.15, -0.1) is 0 Å². The summed E-state index contributed by atoms with van der Waals surface area (Å²) in [7, 11) is 0. The van der Waals surface area contributed by atoms with E-state index in [0.29, 0.717) is 19.0 Å². The van der Waals surface area contributed by atoms with Crippen LogP contribution >= 0.6 is 11.8 Å². The van der Waals surface area contributed by atoms with Crippen molar-refractivity contribution in [2.45, 2.75) is 25.2 Å². The smallest absolute Gasteiger partial charge is 0.233 e. The van der Waals surface area contributed by atoms with E-state index in [-0.39, 0.29) is 5.91 Å². The zero-order valence-corrected chi connectivity index (χ0v) is 19.1. The molecule has 1 saturated heterocycles. The Morgan fingerprint density at radius 2 is 1.81 bits per heavy atom. The molecular weight excluding hydrogens is 424 g/mol. The maximum absolute atomic E-state index is 12.8. The molecule has 8 heteroatoms. The summed E-state index contributed by atoms with van der Waals surface area (Å²) in [6.45, 7) is 8.28. The number of imidazole rings is 1. The molecule has 1 aromatic heterocycles. The SMILES string of the molecule is CCn1c(SCC(=O)N2CCN(Cc3ccc4c(c3)OCCO4)CC2)nc2ccccc21. The molecule has 0 atom stereocenters. The second-order valence-corrected chi connectivity index (χ2v) is 8.99. The zero-order valence-electron chi connectivity index (χ0n) is 18.3. The lowest BCUT2D eigenvalue weighted by molar-refractivity contribution is -0.130. The van der Waals surface area contributed by atoms with Crippen molar-refractivity contribution in [2.24, 2.45) is 0 Å². The summed E-state index contributed by atoms with van der Waals surface area (Å²) in [6.07, 6.45) is 0. The van der Waals surface area contributed by atoms with E-state index in [2.05, 4.69) is 34.6 Å². The molecule has 3 heterocycles. The maximum Gasteiger partial charge on any atom is 0.233 e. The van der Waals surface area contributed by atoms with Gasteiger partial charge in [0, 0.05) is 39.3 Å². The Hall–Kier alpha value is -2.71. The van der Waals surface area contributed by atoms with Crippen LogP contribution in [0.3, 0.4) is 0 Å². The Balaban J connectivity index is 1.13. The third-order valence-corrected chi connectivity index (χ3v) is 6.96. The average Bonchev–Trinajstić information content (AvgIpc) is 3.20. The number of benzene rings is 2. The number of nitrogens with zero attached hydrogens (tertiary/aromatic N) is 4. The van der Waals surface area contributed by atoms with Gasteiger partial charge in [0.15, 0.2) is 16.7 Å². The van der Waals surface area contributed by atoms with Crippen LogP contribution in [0.15, 0.2) is 47.6 Å². The maximum atomic E-state index is 12.8. The van der Waals surface area contributed by atoms with Crippen molar-refractivity contribution in [3.63, 3.8) is 0 Å². The molecule has 32 heavy (non-hydrogen) atoms. The lowest BCUT2D eigenvalue weighted by Crippen LogP contribution is -2.48. The lowest BCUT2D eigenvalue weighted by Gasteiger charge is -2.34. The van der Waals surface area contributed by atoms with Crippen molar-refractivity contribution < 1.29 is 14.3 Å². The summed E-state index contributed by atoms with van der Waals surface area (Å²) in [5, 5.41) is 0.916. The zero-order chi connectivity index (χ0) is 21.9. The molecule has 0 bridgehead atoms. The molecule has 5 rings (SSSR count). The van der Waals surface area contributed by atoms with Crippen LogP contribution in [-0.2, 0) is 17.9 Å². The Morgan fingerprint density at radius 1 is 1.03 bits per heavy atom. The van der Waals surface area contributed by atoms with Gasteiger partial charge in [-0.05, 0) is 36.8 Å². The first-order chi connectivity index (χ1) is 15.7. The minimum Gasteiger partial charge on any atom is -0.486 e. The van der Waals surface area contributed by atoms with Crippen LogP contribution < -0.4 is 9.47 Å². The summed E-state index contributed by atoms with van der Waals surface area (Å²) >= 11 is 1.54. The molecule has 7 nitrogen and oxygen atoms in total. The highest BCUT2D eigenvalue weighted by Gasteiger charge is 2.22. The number of rotatable bonds is 6. The van der Waals surface area contributed by atoms with Crippen LogP contribution in [-0.4, -0.2) is 70.4 Å². The molecule has 0 radical (unpaired) electrons. The van der Waals surface area contributed by atoms with Crippen LogP contribution in [0.1, 0.15) is 12.5 Å². The Bertz CT molecular complexity index is 1110. The Kier molecular flexibility index (Phi) is 6.23. The van der Waals surface area contributed by atoms with E-state index >= 15 is 0 Å². The number of aryl methyl sites for hydroxylation is 1. The average molecular weight is 453 g/mol. The van der Waals surface area contributed by atoms with Crippen LogP contribution in [0.5, 0.6) is 11.5 Å². The molecule has 168 valence electrons. The summed E-state index contributed by atoms with van der Waals surface area (Å²) in [5.41, 5.74) is 3.32. The molecule has 2 aliphatic heterocycles. The van der Waals surface area contributed by atoms with Gasteiger partial charge in [-0.3, -0.25) is 9.69 Å². The molecule has 0 N–H and O–H groups in total. The molecule has 2 aliphatic rings. The van der Waals surface area contributed by atoms with Gasteiger partial charge in [-0.2, -0.15) is 0 Å². The predicted octanol–water partition coefficient (Wildman–Crippen LogP) is 3.26. The van der Waals surface area contributed by atoms with E-state index in [1.54, 1.807) is 0 Å². The number of hydrogen-bond acceptors (Lipinski definition) is 6. The first-order valence-corrected chi connectivity index (χ1v) is 12.2. The summed E-state index contributed by atoms with van der Waals surface area (Å²) in [4.78, 5) is 21.9. The van der Waals surface area contributed by atoms with Crippen molar-refractivity contribution in [3.05, 3.63) is 48.0 Å². The highest BCUT2D eigenvalue weighted by molar-refractivity contribution is 7.99. The van der Waals surface area contributed by atoms with Crippen molar-refractivity contribution in [1.82, 2.24) is 19.4 Å². The molecule has 3 aromatic rings. The number of para-hydroxylation sites is 2. The van der Waals surface area contributed by atoms with Crippen LogP contribution in [0.4, 0.5) is 0 Å². The second-order valence-electron chi connectivity index (χ2n) is 8.05. The lowest BCUT2D eigenvalue weighted by atomic mass is 10.1. The third-order valence-electron chi connectivity index (χ3n) is 6.00. The van der Waals surface area contributed by atoms with E-state index in [4.69, 9.17) is 14.5 Å². The number of hydrogen-bond donors (Lipinski definition) is 0. The number of fused-ring (bicyclic) bond motifs is 2. The minimum atomic E-state index is 0.184. The summed E-state index contributed by atoms with van der Waals surface area (Å²) in [5.74, 6) is 2.26. The highest BCUT2D eigenvalue weighted by atomic mass is 32.2. The van der Waals surface area contributed by atoms with Gasteiger partial charge >= 0.3 is 0 Å². The van der Waals surface area contributed by atoms with Gasteiger partial charge in [0.05, 0.1) is 16.8 Å². The minimum absolute atomic E-state index is 0.184. The molecule has 1 fully saturated rings. The van der Waals surface area contributed by atoms with E-state index in [1.165, 1.54) is 17.3 Å². The molecule has 0 saturated carbocycles. The normalized spacial score (nSPS) is 16.5. The number of carbonyl (C=O) groups excluding carboxylic acids is 1. The monoisotopic (exact) mass is 452 g/mol. The Morgan fingerprint density at radius 3 is 2.62 bits per heavy atom. The molecule has 1 amide bonds. The fraction of sp³-hybridized carbons (Fsp3) is 0.417. The number of amides is 1. The van der Waals surface area contributed by atoms with Crippen molar-refractivity contribution >= 4 is 28.7 Å². The third kappa shape index (κ3) is 4.42. The summed E-state index contributed by atoms with van der Waals surface area (Å²) < 4.78 is 13.5. The number of piperazine rings is 1. The van der Waals surface area contributed by atoms with Crippen molar-refractivity contribution in [2.75, 3.05) is 45.1 Å². The molecule has 0 aliphatic carbocycles. The van der Waals surface area contributed by atoms with Gasteiger partial charge in [0.1, 0.15) is 13.2 Å². The fourth-order valence-corrected chi connectivity index (χ4v) is 5.27.